The fourth-order valence-corrected chi connectivity index (χ4v) is 2.92. The Morgan fingerprint density at radius 1 is 0.702 bits per heavy atom. The lowest BCUT2D eigenvalue weighted by Gasteiger charge is -2.03. The summed E-state index contributed by atoms with van der Waals surface area (Å²) in [6.45, 7) is 3.16. The number of aromatic hydroxyl groups is 3. The number of hydrogen-bond donors (Lipinski definition) is 3. The topological polar surface area (TPSA) is 140 Å². The van der Waals surface area contributed by atoms with Crippen LogP contribution in [0, 0.1) is 34.9 Å². The van der Waals surface area contributed by atoms with Crippen molar-refractivity contribution in [2.24, 2.45) is 0 Å². The van der Waals surface area contributed by atoms with Gasteiger partial charge in [-0.05, 0) is 52.2 Å². The zero-order valence-electron chi connectivity index (χ0n) is 24.3. The largest absolute Gasteiger partial charge is 0.505 e. The summed E-state index contributed by atoms with van der Waals surface area (Å²) in [6.07, 6.45) is 3.13. The van der Waals surface area contributed by atoms with Gasteiger partial charge in [0.25, 0.3) is 0 Å². The van der Waals surface area contributed by atoms with Gasteiger partial charge in [0.15, 0.2) is 34.7 Å². The Kier molecular flexibility index (Phi) is 21.1. The van der Waals surface area contributed by atoms with Crippen LogP contribution in [0.2, 0.25) is 0 Å². The first-order chi connectivity index (χ1) is 21.5. The Balaban J connectivity index is 0. The van der Waals surface area contributed by atoms with E-state index in [9.17, 15) is 40.7 Å². The van der Waals surface area contributed by atoms with E-state index in [0.717, 1.165) is 36.4 Å². The Labute approximate surface area is 274 Å². The monoisotopic (exact) mass is 740 g/mol. The predicted octanol–water partition coefficient (Wildman–Crippen LogP) is 7.05. The van der Waals surface area contributed by atoms with Crippen LogP contribution in [-0.4, -0.2) is 54.6 Å². The van der Waals surface area contributed by atoms with Crippen LogP contribution in [0.4, 0.5) is 26.3 Å². The summed E-state index contributed by atoms with van der Waals surface area (Å²) in [7, 11) is 3.69. The molecule has 0 heterocycles. The van der Waals surface area contributed by atoms with Gasteiger partial charge < -0.3 is 29.5 Å². The smallest absolute Gasteiger partial charge is 0.330 e. The molecule has 0 radical (unpaired) electrons. The molecule has 3 aromatic carbocycles. The SMILES string of the molecule is C.C=CC(=O)OC.COC(=O)/C=C/c1cc(F)c(O)cc1F.COC(=O)CCc1cc(F)c(O)cc1F.Oc1cc(F)c(Br)cc1F. The number of aryl methyl sites for hydroxylation is 1. The minimum Gasteiger partial charge on any atom is -0.505 e. The molecule has 0 fully saturated rings. The highest BCUT2D eigenvalue weighted by Crippen LogP contribution is 2.24. The van der Waals surface area contributed by atoms with Crippen LogP contribution in [0.5, 0.6) is 17.2 Å². The zero-order chi connectivity index (χ0) is 35.6. The average Bonchev–Trinajstić information content (AvgIpc) is 3.02. The first-order valence-electron chi connectivity index (χ1n) is 12.2. The molecular formula is C31H31BrF6O9. The highest BCUT2D eigenvalue weighted by atomic mass is 79.9. The van der Waals surface area contributed by atoms with Crippen LogP contribution in [0.3, 0.4) is 0 Å². The molecule has 258 valence electrons. The molecule has 0 spiro atoms. The number of esters is 3. The van der Waals surface area contributed by atoms with Gasteiger partial charge in [-0.3, -0.25) is 4.79 Å². The molecule has 0 unspecified atom stereocenters. The van der Waals surface area contributed by atoms with Crippen molar-refractivity contribution in [2.75, 3.05) is 21.3 Å². The van der Waals surface area contributed by atoms with Crippen LogP contribution in [0.15, 0.2) is 59.6 Å². The van der Waals surface area contributed by atoms with E-state index < -0.39 is 70.1 Å². The number of ether oxygens (including phenoxy) is 3. The third kappa shape index (κ3) is 16.8. The van der Waals surface area contributed by atoms with Gasteiger partial charge in [0.1, 0.15) is 17.5 Å². The number of methoxy groups -OCH3 is 3. The molecule has 0 saturated heterocycles. The standard InChI is InChI=1S/C10H10F2O3.C10H8F2O3.C6H3BrF2O.C4H6O2.CH4/c2*1-15-10(14)3-2-6-4-8(12)9(13)5-7(6)11;7-3-1-5(9)6(10)2-4(3)8;1-3-4(5)6-2;/h4-5,13H,2-3H2,1H3;2-5,13H,1H3;1-2,10H;3H,1H2,2H3;1H4/b;3-2+;;;. The summed E-state index contributed by atoms with van der Waals surface area (Å²) < 4.78 is 89.3. The van der Waals surface area contributed by atoms with Crippen LogP contribution < -0.4 is 0 Å². The van der Waals surface area contributed by atoms with Crippen LogP contribution in [0.25, 0.3) is 6.08 Å². The lowest BCUT2D eigenvalue weighted by Crippen LogP contribution is -2.03. The fraction of sp³-hybridized carbons (Fsp3) is 0.194. The van der Waals surface area contributed by atoms with E-state index in [2.05, 4.69) is 36.7 Å². The molecular weight excluding hydrogens is 710 g/mol. The van der Waals surface area contributed by atoms with E-state index in [1.165, 1.54) is 21.3 Å². The van der Waals surface area contributed by atoms with E-state index in [-0.39, 0.29) is 35.9 Å². The number of carbonyl (C=O) groups is 3. The van der Waals surface area contributed by atoms with Gasteiger partial charge in [0.2, 0.25) is 0 Å². The van der Waals surface area contributed by atoms with E-state index in [1.807, 2.05) is 0 Å². The van der Waals surface area contributed by atoms with Gasteiger partial charge in [-0.15, -0.1) is 0 Å². The molecule has 3 N–H and O–H groups in total. The molecule has 0 saturated carbocycles. The molecule has 3 aromatic rings. The third-order valence-corrected chi connectivity index (χ3v) is 5.57. The van der Waals surface area contributed by atoms with Crippen molar-refractivity contribution in [3.63, 3.8) is 0 Å². The van der Waals surface area contributed by atoms with Gasteiger partial charge in [-0.2, -0.15) is 0 Å². The Bertz CT molecular complexity index is 1500. The Morgan fingerprint density at radius 3 is 1.62 bits per heavy atom. The number of phenols is 3. The average molecular weight is 741 g/mol. The number of halogens is 7. The van der Waals surface area contributed by atoms with E-state index in [0.29, 0.717) is 18.2 Å². The van der Waals surface area contributed by atoms with E-state index in [4.69, 9.17) is 15.3 Å². The third-order valence-electron chi connectivity index (χ3n) is 4.97. The predicted molar refractivity (Wildman–Crippen MR) is 162 cm³/mol. The maximum Gasteiger partial charge on any atom is 0.330 e. The second kappa shape index (κ2) is 22.5. The van der Waals surface area contributed by atoms with E-state index in [1.54, 1.807) is 0 Å². The molecule has 0 bridgehead atoms. The summed E-state index contributed by atoms with van der Waals surface area (Å²) in [5.41, 5.74) is -0.105. The summed E-state index contributed by atoms with van der Waals surface area (Å²) in [4.78, 5) is 31.3. The minimum atomic E-state index is -0.957. The summed E-state index contributed by atoms with van der Waals surface area (Å²) in [6, 6.07) is 4.54. The Hall–Kier alpha value is -4.99. The minimum absolute atomic E-state index is 0. The molecule has 47 heavy (non-hydrogen) atoms. The first-order valence-corrected chi connectivity index (χ1v) is 13.0. The zero-order valence-corrected chi connectivity index (χ0v) is 25.8. The number of hydrogen-bond acceptors (Lipinski definition) is 9. The van der Waals surface area contributed by atoms with Gasteiger partial charge in [0.05, 0.1) is 25.8 Å². The van der Waals surface area contributed by atoms with Crippen molar-refractivity contribution >= 4 is 39.9 Å². The number of rotatable bonds is 6. The van der Waals surface area contributed by atoms with Crippen LogP contribution in [-0.2, 0) is 35.0 Å². The summed E-state index contributed by atoms with van der Waals surface area (Å²) in [5, 5.41) is 26.2. The molecule has 16 heteroatoms. The second-order valence-electron chi connectivity index (χ2n) is 8.10. The van der Waals surface area contributed by atoms with Crippen molar-refractivity contribution in [2.45, 2.75) is 20.3 Å². The number of phenolic OH excluding ortho intramolecular Hbond substituents is 3. The van der Waals surface area contributed by atoms with Crippen molar-refractivity contribution < 1.29 is 70.3 Å². The lowest BCUT2D eigenvalue weighted by atomic mass is 10.1. The number of carbonyl (C=O) groups excluding carboxylic acids is 3. The quantitative estimate of drug-likeness (QED) is 0.0798. The van der Waals surface area contributed by atoms with Crippen molar-refractivity contribution in [3.8, 4) is 17.2 Å². The maximum absolute atomic E-state index is 13.1. The Morgan fingerprint density at radius 2 is 1.17 bits per heavy atom. The molecule has 0 amide bonds. The van der Waals surface area contributed by atoms with Gasteiger partial charge in [-0.1, -0.05) is 14.0 Å². The van der Waals surface area contributed by atoms with Crippen molar-refractivity contribution in [3.05, 3.63) is 106 Å². The molecule has 0 aliphatic heterocycles. The van der Waals surface area contributed by atoms with Crippen LogP contribution in [0.1, 0.15) is 25.0 Å². The first kappa shape index (κ1) is 44.1. The molecule has 0 aliphatic rings. The van der Waals surface area contributed by atoms with Crippen molar-refractivity contribution in [1.82, 2.24) is 0 Å². The van der Waals surface area contributed by atoms with Crippen molar-refractivity contribution in [1.29, 1.82) is 0 Å². The molecule has 0 atom stereocenters. The van der Waals surface area contributed by atoms with Gasteiger partial charge in [-0.25, -0.2) is 35.9 Å². The second-order valence-corrected chi connectivity index (χ2v) is 8.95. The van der Waals surface area contributed by atoms with Crippen LogP contribution >= 0.6 is 15.9 Å². The summed E-state index contributed by atoms with van der Waals surface area (Å²) >= 11 is 2.75. The fourth-order valence-electron chi connectivity index (χ4n) is 2.61. The maximum atomic E-state index is 13.1. The molecule has 0 aromatic heterocycles. The highest BCUT2D eigenvalue weighted by molar-refractivity contribution is 9.10. The van der Waals surface area contributed by atoms with Gasteiger partial charge >= 0.3 is 17.9 Å². The highest BCUT2D eigenvalue weighted by Gasteiger charge is 2.11. The molecule has 0 aliphatic carbocycles. The summed E-state index contributed by atoms with van der Waals surface area (Å²) in [5.74, 6) is -8.71. The molecule has 3 rings (SSSR count). The number of benzene rings is 3. The molecule has 9 nitrogen and oxygen atoms in total. The van der Waals surface area contributed by atoms with E-state index >= 15 is 0 Å². The normalized spacial score (nSPS) is 9.57. The van der Waals surface area contributed by atoms with Gasteiger partial charge in [0, 0.05) is 42.3 Å². The lowest BCUT2D eigenvalue weighted by molar-refractivity contribution is -0.140.